The lowest BCUT2D eigenvalue weighted by molar-refractivity contribution is 0.254. The predicted octanol–water partition coefficient (Wildman–Crippen LogP) is 5.37. The largest absolute Gasteiger partial charge is 0.253 e. The Morgan fingerprint density at radius 1 is 1.25 bits per heavy atom. The van der Waals surface area contributed by atoms with Gasteiger partial charge in [0.05, 0.1) is 5.52 Å². The van der Waals surface area contributed by atoms with Gasteiger partial charge in [0, 0.05) is 22.3 Å². The SMILES string of the molecule is CC1(C)CCCC1C(Br)Cc1ccc2ccccc2n1. The number of pyridine rings is 1. The molecule has 0 spiro atoms. The standard InChI is InChI=1S/C18H22BrN/c1-18(2)11-5-7-15(18)16(19)12-14-10-9-13-6-3-4-8-17(13)20-14/h3-4,6,8-10,15-16H,5,7,11-12H2,1-2H3. The van der Waals surface area contributed by atoms with Gasteiger partial charge in [0.15, 0.2) is 0 Å². The fraction of sp³-hybridized carbons (Fsp3) is 0.500. The molecule has 106 valence electrons. The maximum atomic E-state index is 4.80. The molecular formula is C18H22BrN. The summed E-state index contributed by atoms with van der Waals surface area (Å²) in [5.74, 6) is 0.760. The summed E-state index contributed by atoms with van der Waals surface area (Å²) in [6.45, 7) is 4.82. The first kappa shape index (κ1) is 14.1. The Kier molecular flexibility index (Phi) is 3.85. The molecule has 20 heavy (non-hydrogen) atoms. The third-order valence-electron chi connectivity index (χ3n) is 4.84. The van der Waals surface area contributed by atoms with E-state index in [0.717, 1.165) is 17.9 Å². The van der Waals surface area contributed by atoms with Gasteiger partial charge in [-0.05, 0) is 36.3 Å². The average molecular weight is 332 g/mol. The highest BCUT2D eigenvalue weighted by atomic mass is 79.9. The van der Waals surface area contributed by atoms with Crippen LogP contribution in [0.3, 0.4) is 0 Å². The highest BCUT2D eigenvalue weighted by Gasteiger charge is 2.38. The summed E-state index contributed by atoms with van der Waals surface area (Å²) in [4.78, 5) is 5.34. The van der Waals surface area contributed by atoms with Crippen LogP contribution < -0.4 is 0 Å². The number of hydrogen-bond donors (Lipinski definition) is 0. The van der Waals surface area contributed by atoms with Crippen LogP contribution in [0.4, 0.5) is 0 Å². The number of para-hydroxylation sites is 1. The number of hydrogen-bond acceptors (Lipinski definition) is 1. The Labute approximate surface area is 129 Å². The number of alkyl halides is 1. The molecular weight excluding hydrogens is 310 g/mol. The molecule has 1 aliphatic rings. The molecule has 0 bridgehead atoms. The van der Waals surface area contributed by atoms with Gasteiger partial charge in [-0.15, -0.1) is 0 Å². The molecule has 0 N–H and O–H groups in total. The summed E-state index contributed by atoms with van der Waals surface area (Å²) in [7, 11) is 0. The molecule has 1 heterocycles. The van der Waals surface area contributed by atoms with E-state index in [0.29, 0.717) is 10.2 Å². The summed E-state index contributed by atoms with van der Waals surface area (Å²) < 4.78 is 0. The van der Waals surface area contributed by atoms with Crippen molar-refractivity contribution < 1.29 is 0 Å². The van der Waals surface area contributed by atoms with Gasteiger partial charge in [-0.2, -0.15) is 0 Å². The molecule has 1 aromatic heterocycles. The van der Waals surface area contributed by atoms with Gasteiger partial charge in [0.2, 0.25) is 0 Å². The normalized spacial score (nSPS) is 23.1. The maximum Gasteiger partial charge on any atom is 0.0705 e. The van der Waals surface area contributed by atoms with Gasteiger partial charge in [0.1, 0.15) is 0 Å². The molecule has 0 aliphatic heterocycles. The lowest BCUT2D eigenvalue weighted by Crippen LogP contribution is -2.27. The second-order valence-electron chi connectivity index (χ2n) is 6.70. The first-order chi connectivity index (χ1) is 9.56. The number of aromatic nitrogens is 1. The van der Waals surface area contributed by atoms with Gasteiger partial charge in [-0.1, -0.05) is 60.5 Å². The lowest BCUT2D eigenvalue weighted by Gasteiger charge is -2.31. The summed E-state index contributed by atoms with van der Waals surface area (Å²) >= 11 is 3.94. The van der Waals surface area contributed by atoms with Crippen molar-refractivity contribution in [2.45, 2.75) is 44.4 Å². The Bertz CT molecular complexity index is 605. The first-order valence-corrected chi connectivity index (χ1v) is 8.46. The van der Waals surface area contributed by atoms with Crippen molar-refractivity contribution in [1.82, 2.24) is 4.98 Å². The van der Waals surface area contributed by atoms with E-state index in [1.54, 1.807) is 0 Å². The Morgan fingerprint density at radius 2 is 2.05 bits per heavy atom. The minimum Gasteiger partial charge on any atom is -0.253 e. The Hall–Kier alpha value is -0.890. The van der Waals surface area contributed by atoms with Crippen LogP contribution in [0, 0.1) is 11.3 Å². The van der Waals surface area contributed by atoms with Crippen molar-refractivity contribution in [3.05, 3.63) is 42.1 Å². The van der Waals surface area contributed by atoms with Crippen LogP contribution in [0.2, 0.25) is 0 Å². The molecule has 1 aromatic carbocycles. The Balaban J connectivity index is 1.79. The third-order valence-corrected chi connectivity index (χ3v) is 5.80. The number of rotatable bonds is 3. The van der Waals surface area contributed by atoms with E-state index in [4.69, 9.17) is 4.98 Å². The van der Waals surface area contributed by atoms with Crippen LogP contribution in [-0.2, 0) is 6.42 Å². The van der Waals surface area contributed by atoms with Crippen molar-refractivity contribution in [3.63, 3.8) is 0 Å². The molecule has 1 fully saturated rings. The van der Waals surface area contributed by atoms with Crippen molar-refractivity contribution in [2.75, 3.05) is 0 Å². The molecule has 1 saturated carbocycles. The summed E-state index contributed by atoms with van der Waals surface area (Å²) in [5, 5.41) is 1.23. The number of fused-ring (bicyclic) bond motifs is 1. The molecule has 0 amide bonds. The van der Waals surface area contributed by atoms with Gasteiger partial charge in [-0.3, -0.25) is 4.98 Å². The van der Waals surface area contributed by atoms with Gasteiger partial charge >= 0.3 is 0 Å². The second kappa shape index (κ2) is 5.48. The number of nitrogens with zero attached hydrogens (tertiary/aromatic N) is 1. The van der Waals surface area contributed by atoms with Gasteiger partial charge in [-0.25, -0.2) is 0 Å². The fourth-order valence-electron chi connectivity index (χ4n) is 3.59. The quantitative estimate of drug-likeness (QED) is 0.689. The van der Waals surface area contributed by atoms with Gasteiger partial charge in [0.25, 0.3) is 0 Å². The van der Waals surface area contributed by atoms with E-state index in [1.807, 2.05) is 0 Å². The topological polar surface area (TPSA) is 12.9 Å². The predicted molar refractivity (Wildman–Crippen MR) is 89.3 cm³/mol. The molecule has 2 unspecified atom stereocenters. The smallest absolute Gasteiger partial charge is 0.0705 e. The van der Waals surface area contributed by atoms with E-state index in [2.05, 4.69) is 66.2 Å². The Morgan fingerprint density at radius 3 is 2.80 bits per heavy atom. The summed E-state index contributed by atoms with van der Waals surface area (Å²) in [6.07, 6.45) is 5.09. The molecule has 1 nitrogen and oxygen atoms in total. The maximum absolute atomic E-state index is 4.80. The van der Waals surface area contributed by atoms with Gasteiger partial charge < -0.3 is 0 Å². The third kappa shape index (κ3) is 2.76. The number of benzene rings is 1. The molecule has 2 atom stereocenters. The van der Waals surface area contributed by atoms with E-state index >= 15 is 0 Å². The zero-order chi connectivity index (χ0) is 14.2. The minimum atomic E-state index is 0.463. The lowest BCUT2D eigenvalue weighted by atomic mass is 9.79. The summed E-state index contributed by atoms with van der Waals surface area (Å²) in [5.41, 5.74) is 2.77. The zero-order valence-electron chi connectivity index (χ0n) is 12.3. The zero-order valence-corrected chi connectivity index (χ0v) is 13.9. The fourth-order valence-corrected chi connectivity index (χ4v) is 4.90. The molecule has 0 saturated heterocycles. The van der Waals surface area contributed by atoms with E-state index in [9.17, 15) is 0 Å². The van der Waals surface area contributed by atoms with Crippen molar-refractivity contribution in [1.29, 1.82) is 0 Å². The van der Waals surface area contributed by atoms with Crippen LogP contribution >= 0.6 is 15.9 Å². The minimum absolute atomic E-state index is 0.463. The molecule has 2 aromatic rings. The van der Waals surface area contributed by atoms with Crippen LogP contribution in [0.25, 0.3) is 10.9 Å². The monoisotopic (exact) mass is 331 g/mol. The summed E-state index contributed by atoms with van der Waals surface area (Å²) in [6, 6.07) is 12.7. The van der Waals surface area contributed by atoms with Crippen molar-refractivity contribution >= 4 is 26.8 Å². The number of halogens is 1. The average Bonchev–Trinajstić information content (AvgIpc) is 2.78. The molecule has 0 radical (unpaired) electrons. The van der Waals surface area contributed by atoms with Crippen LogP contribution in [0.1, 0.15) is 38.8 Å². The van der Waals surface area contributed by atoms with E-state index in [1.165, 1.54) is 30.3 Å². The van der Waals surface area contributed by atoms with E-state index in [-0.39, 0.29) is 0 Å². The first-order valence-electron chi connectivity index (χ1n) is 7.55. The molecule has 2 heteroatoms. The molecule has 1 aliphatic carbocycles. The second-order valence-corrected chi connectivity index (χ2v) is 7.88. The van der Waals surface area contributed by atoms with Crippen molar-refractivity contribution in [2.24, 2.45) is 11.3 Å². The van der Waals surface area contributed by atoms with E-state index < -0.39 is 0 Å². The highest BCUT2D eigenvalue weighted by molar-refractivity contribution is 9.09. The van der Waals surface area contributed by atoms with Crippen LogP contribution in [0.15, 0.2) is 36.4 Å². The van der Waals surface area contributed by atoms with Crippen LogP contribution in [0.5, 0.6) is 0 Å². The van der Waals surface area contributed by atoms with Crippen molar-refractivity contribution in [3.8, 4) is 0 Å². The highest BCUT2D eigenvalue weighted by Crippen LogP contribution is 2.46. The molecule has 3 rings (SSSR count). The van der Waals surface area contributed by atoms with Crippen LogP contribution in [-0.4, -0.2) is 9.81 Å².